The fourth-order valence-corrected chi connectivity index (χ4v) is 4.91. The Bertz CT molecular complexity index is 1400. The molecule has 1 atom stereocenters. The van der Waals surface area contributed by atoms with Crippen molar-refractivity contribution < 1.29 is 18.7 Å². The van der Waals surface area contributed by atoms with Crippen LogP contribution in [0.4, 0.5) is 10.1 Å². The summed E-state index contributed by atoms with van der Waals surface area (Å²) in [5.74, 6) is -0.796. The summed E-state index contributed by atoms with van der Waals surface area (Å²) in [5, 5.41) is 0. The van der Waals surface area contributed by atoms with Crippen LogP contribution in [0.15, 0.2) is 103 Å². The molecule has 1 amide bonds. The van der Waals surface area contributed by atoms with Crippen molar-refractivity contribution in [2.75, 3.05) is 4.90 Å². The molecule has 37 heavy (non-hydrogen) atoms. The van der Waals surface area contributed by atoms with Gasteiger partial charge in [-0.2, -0.15) is 0 Å². The maximum absolute atomic E-state index is 13.9. The minimum Gasteiger partial charge on any atom is -0.461 e. The SMILES string of the molecule is CC1(CC(=O)OCc2ccccc2)Cc2cc(-c3ccc(F)cc3)ccc2N(Cc2ccccc2)C1=O. The van der Waals surface area contributed by atoms with Crippen molar-refractivity contribution in [1.82, 2.24) is 0 Å². The molecule has 0 fully saturated rings. The number of nitrogens with zero attached hydrogens (tertiary/aromatic N) is 1. The van der Waals surface area contributed by atoms with Crippen molar-refractivity contribution in [2.24, 2.45) is 5.41 Å². The lowest BCUT2D eigenvalue weighted by Gasteiger charge is -2.40. The molecule has 0 aromatic heterocycles. The van der Waals surface area contributed by atoms with Crippen LogP contribution in [-0.2, 0) is 33.9 Å². The van der Waals surface area contributed by atoms with Crippen molar-refractivity contribution in [1.29, 1.82) is 0 Å². The third-order valence-electron chi connectivity index (χ3n) is 6.85. The van der Waals surface area contributed by atoms with E-state index in [1.165, 1.54) is 12.1 Å². The van der Waals surface area contributed by atoms with Gasteiger partial charge in [-0.3, -0.25) is 9.59 Å². The number of esters is 1. The first-order chi connectivity index (χ1) is 17.9. The lowest BCUT2D eigenvalue weighted by atomic mass is 9.75. The molecule has 0 saturated heterocycles. The highest BCUT2D eigenvalue weighted by Gasteiger charge is 2.44. The highest BCUT2D eigenvalue weighted by molar-refractivity contribution is 6.02. The fraction of sp³-hybridized carbons (Fsp3) is 0.188. The molecule has 1 heterocycles. The van der Waals surface area contributed by atoms with Crippen LogP contribution < -0.4 is 4.90 Å². The summed E-state index contributed by atoms with van der Waals surface area (Å²) in [6, 6.07) is 31.6. The van der Waals surface area contributed by atoms with Crippen LogP contribution in [0.3, 0.4) is 0 Å². The van der Waals surface area contributed by atoms with E-state index in [0.29, 0.717) is 13.0 Å². The molecule has 1 aliphatic heterocycles. The molecule has 5 heteroatoms. The smallest absolute Gasteiger partial charge is 0.307 e. The second-order valence-corrected chi connectivity index (χ2v) is 9.79. The molecule has 4 aromatic carbocycles. The van der Waals surface area contributed by atoms with E-state index in [-0.39, 0.29) is 24.8 Å². The van der Waals surface area contributed by atoms with Gasteiger partial charge in [0.15, 0.2) is 0 Å². The average molecular weight is 494 g/mol. The molecule has 4 nitrogen and oxygen atoms in total. The van der Waals surface area contributed by atoms with Gasteiger partial charge in [0.25, 0.3) is 0 Å². The molecule has 0 spiro atoms. The predicted molar refractivity (Wildman–Crippen MR) is 142 cm³/mol. The minimum atomic E-state index is -0.961. The summed E-state index contributed by atoms with van der Waals surface area (Å²) in [5.41, 5.74) is 4.56. The Morgan fingerprint density at radius 3 is 2.16 bits per heavy atom. The van der Waals surface area contributed by atoms with Crippen LogP contribution in [0.25, 0.3) is 11.1 Å². The largest absolute Gasteiger partial charge is 0.461 e. The monoisotopic (exact) mass is 493 g/mol. The second kappa shape index (κ2) is 10.4. The van der Waals surface area contributed by atoms with E-state index < -0.39 is 11.4 Å². The topological polar surface area (TPSA) is 46.6 Å². The van der Waals surface area contributed by atoms with E-state index in [9.17, 15) is 14.0 Å². The molecule has 0 saturated carbocycles. The number of halogens is 1. The molecular formula is C32H28FNO3. The summed E-state index contributed by atoms with van der Waals surface area (Å²) in [4.78, 5) is 28.6. The van der Waals surface area contributed by atoms with Gasteiger partial charge in [-0.05, 0) is 65.4 Å². The fourth-order valence-electron chi connectivity index (χ4n) is 4.91. The molecular weight excluding hydrogens is 465 g/mol. The third-order valence-corrected chi connectivity index (χ3v) is 6.85. The number of carbonyl (C=O) groups excluding carboxylic acids is 2. The maximum Gasteiger partial charge on any atom is 0.307 e. The quantitative estimate of drug-likeness (QED) is 0.269. The molecule has 1 aliphatic rings. The average Bonchev–Trinajstić information content (AvgIpc) is 2.91. The Kier molecular flexibility index (Phi) is 6.87. The molecule has 4 aromatic rings. The van der Waals surface area contributed by atoms with E-state index in [4.69, 9.17) is 4.74 Å². The van der Waals surface area contributed by atoms with E-state index in [1.807, 2.05) is 85.8 Å². The normalized spacial score (nSPS) is 16.8. The van der Waals surface area contributed by atoms with Crippen molar-refractivity contribution in [3.8, 4) is 11.1 Å². The second-order valence-electron chi connectivity index (χ2n) is 9.79. The number of rotatable bonds is 7. The lowest BCUT2D eigenvalue weighted by molar-refractivity contribution is -0.150. The Morgan fingerprint density at radius 1 is 0.865 bits per heavy atom. The van der Waals surface area contributed by atoms with Crippen LogP contribution in [0.5, 0.6) is 0 Å². The molecule has 0 N–H and O–H groups in total. The lowest BCUT2D eigenvalue weighted by Crippen LogP contribution is -2.48. The number of benzene rings is 4. The number of hydrogen-bond acceptors (Lipinski definition) is 3. The van der Waals surface area contributed by atoms with Gasteiger partial charge in [0.1, 0.15) is 12.4 Å². The van der Waals surface area contributed by atoms with Crippen LogP contribution in [0.2, 0.25) is 0 Å². The third kappa shape index (κ3) is 5.46. The van der Waals surface area contributed by atoms with Crippen molar-refractivity contribution in [3.63, 3.8) is 0 Å². The van der Waals surface area contributed by atoms with Gasteiger partial charge in [0, 0.05) is 5.69 Å². The van der Waals surface area contributed by atoms with Gasteiger partial charge >= 0.3 is 5.97 Å². The summed E-state index contributed by atoms with van der Waals surface area (Å²) in [6.45, 7) is 2.41. The number of carbonyl (C=O) groups is 2. The Morgan fingerprint density at radius 2 is 1.49 bits per heavy atom. The summed E-state index contributed by atoms with van der Waals surface area (Å²) >= 11 is 0. The number of amides is 1. The number of hydrogen-bond donors (Lipinski definition) is 0. The Labute approximate surface area is 216 Å². The van der Waals surface area contributed by atoms with Gasteiger partial charge in [0.05, 0.1) is 18.4 Å². The first kappa shape index (κ1) is 24.4. The van der Waals surface area contributed by atoms with E-state index in [0.717, 1.165) is 33.5 Å². The van der Waals surface area contributed by atoms with Crippen molar-refractivity contribution in [3.05, 3.63) is 126 Å². The van der Waals surface area contributed by atoms with Gasteiger partial charge in [-0.25, -0.2) is 4.39 Å². The van der Waals surface area contributed by atoms with Crippen molar-refractivity contribution >= 4 is 17.6 Å². The minimum absolute atomic E-state index is 0.0236. The number of fused-ring (bicyclic) bond motifs is 1. The Hall–Kier alpha value is -4.25. The summed E-state index contributed by atoms with van der Waals surface area (Å²) in [6.07, 6.45) is 0.381. The number of ether oxygens (including phenoxy) is 1. The summed E-state index contributed by atoms with van der Waals surface area (Å²) in [7, 11) is 0. The van der Waals surface area contributed by atoms with E-state index >= 15 is 0 Å². The molecule has 0 aliphatic carbocycles. The van der Waals surface area contributed by atoms with Crippen LogP contribution in [-0.4, -0.2) is 11.9 Å². The van der Waals surface area contributed by atoms with Crippen LogP contribution in [0.1, 0.15) is 30.0 Å². The predicted octanol–water partition coefficient (Wildman–Crippen LogP) is 6.72. The van der Waals surface area contributed by atoms with Gasteiger partial charge < -0.3 is 9.64 Å². The zero-order chi connectivity index (χ0) is 25.8. The number of anilines is 1. The highest BCUT2D eigenvalue weighted by Crippen LogP contribution is 2.42. The van der Waals surface area contributed by atoms with Gasteiger partial charge in [-0.1, -0.05) is 78.9 Å². The highest BCUT2D eigenvalue weighted by atomic mass is 19.1. The molecule has 5 rings (SSSR count). The zero-order valence-corrected chi connectivity index (χ0v) is 20.7. The standard InChI is InChI=1S/C32H28FNO3/c1-32(20-30(35)37-22-24-10-6-3-7-11-24)19-27-18-26(25-12-15-28(33)16-13-25)14-17-29(27)34(31(32)36)21-23-8-4-2-5-9-23/h2-18H,19-22H2,1H3. The van der Waals surface area contributed by atoms with Gasteiger partial charge in [-0.15, -0.1) is 0 Å². The van der Waals surface area contributed by atoms with Crippen LogP contribution >= 0.6 is 0 Å². The van der Waals surface area contributed by atoms with Gasteiger partial charge in [0.2, 0.25) is 5.91 Å². The first-order valence-electron chi connectivity index (χ1n) is 12.4. The summed E-state index contributed by atoms with van der Waals surface area (Å²) < 4.78 is 19.0. The van der Waals surface area contributed by atoms with Crippen molar-refractivity contribution in [2.45, 2.75) is 32.9 Å². The van der Waals surface area contributed by atoms with E-state index in [2.05, 4.69) is 0 Å². The maximum atomic E-state index is 13.9. The van der Waals surface area contributed by atoms with E-state index in [1.54, 1.807) is 17.0 Å². The molecule has 1 unspecified atom stereocenters. The molecule has 0 bridgehead atoms. The molecule has 0 radical (unpaired) electrons. The van der Waals surface area contributed by atoms with Crippen LogP contribution in [0, 0.1) is 11.2 Å². The molecule has 186 valence electrons. The Balaban J connectivity index is 1.45. The zero-order valence-electron chi connectivity index (χ0n) is 20.7. The first-order valence-corrected chi connectivity index (χ1v) is 12.4.